The molecule has 1 saturated heterocycles. The van der Waals surface area contributed by atoms with Gasteiger partial charge in [0.25, 0.3) is 0 Å². The number of ether oxygens (including phenoxy) is 1. The topological polar surface area (TPSA) is 32.7 Å². The second-order valence-corrected chi connectivity index (χ2v) is 4.43. The molecule has 0 saturated carbocycles. The smallest absolute Gasteiger partial charge is 0.0702 e. The van der Waals surface area contributed by atoms with Crippen molar-refractivity contribution in [1.29, 1.82) is 0 Å². The van der Waals surface area contributed by atoms with Crippen LogP contribution in [0.4, 0.5) is 5.69 Å². The largest absolute Gasteiger partial charge is 0.392 e. The second kappa shape index (κ2) is 5.04. The molecule has 16 heavy (non-hydrogen) atoms. The first-order chi connectivity index (χ1) is 7.74. The van der Waals surface area contributed by atoms with E-state index in [0.717, 1.165) is 17.8 Å². The van der Waals surface area contributed by atoms with Crippen LogP contribution >= 0.6 is 11.6 Å². The van der Waals surface area contributed by atoms with Crippen molar-refractivity contribution < 1.29 is 9.84 Å². The van der Waals surface area contributed by atoms with Gasteiger partial charge in [-0.2, -0.15) is 0 Å². The molecule has 1 unspecified atom stereocenters. The number of halogens is 1. The van der Waals surface area contributed by atoms with E-state index in [1.807, 2.05) is 18.2 Å². The zero-order valence-corrected chi connectivity index (χ0v) is 10.1. The molecule has 0 radical (unpaired) electrons. The number of aliphatic hydroxyl groups excluding tert-OH is 1. The van der Waals surface area contributed by atoms with Crippen molar-refractivity contribution in [3.8, 4) is 0 Å². The maximum absolute atomic E-state index is 9.34. The van der Waals surface area contributed by atoms with Gasteiger partial charge < -0.3 is 14.7 Å². The Kier molecular flexibility index (Phi) is 3.69. The molecule has 1 aliphatic rings. The minimum Gasteiger partial charge on any atom is -0.392 e. The lowest BCUT2D eigenvalue weighted by Gasteiger charge is -2.36. The molecule has 0 spiro atoms. The highest BCUT2D eigenvalue weighted by molar-refractivity contribution is 6.33. The first kappa shape index (κ1) is 11.7. The number of hydrogen-bond acceptors (Lipinski definition) is 3. The SMILES string of the molecule is CC1COCCN1c1c(Cl)cccc1CO. The summed E-state index contributed by atoms with van der Waals surface area (Å²) in [6.07, 6.45) is 0. The Morgan fingerprint density at radius 1 is 1.56 bits per heavy atom. The van der Waals surface area contributed by atoms with Crippen molar-refractivity contribution in [3.63, 3.8) is 0 Å². The summed E-state index contributed by atoms with van der Waals surface area (Å²) in [7, 11) is 0. The van der Waals surface area contributed by atoms with E-state index in [0.29, 0.717) is 24.3 Å². The Hall–Kier alpha value is -0.770. The highest BCUT2D eigenvalue weighted by Crippen LogP contribution is 2.32. The zero-order chi connectivity index (χ0) is 11.5. The van der Waals surface area contributed by atoms with E-state index < -0.39 is 0 Å². The summed E-state index contributed by atoms with van der Waals surface area (Å²) >= 11 is 6.21. The fraction of sp³-hybridized carbons (Fsp3) is 0.500. The van der Waals surface area contributed by atoms with Gasteiger partial charge >= 0.3 is 0 Å². The van der Waals surface area contributed by atoms with E-state index in [-0.39, 0.29) is 6.61 Å². The summed E-state index contributed by atoms with van der Waals surface area (Å²) in [5.41, 5.74) is 1.82. The average molecular weight is 242 g/mol. The number of hydrogen-bond donors (Lipinski definition) is 1. The number of para-hydroxylation sites is 1. The predicted molar refractivity (Wildman–Crippen MR) is 65.0 cm³/mol. The van der Waals surface area contributed by atoms with Gasteiger partial charge in [-0.15, -0.1) is 0 Å². The van der Waals surface area contributed by atoms with Crippen LogP contribution in [0.3, 0.4) is 0 Å². The Bertz CT molecular complexity index is 370. The average Bonchev–Trinajstić information content (AvgIpc) is 2.30. The molecule has 1 heterocycles. The van der Waals surface area contributed by atoms with Crippen molar-refractivity contribution in [2.45, 2.75) is 19.6 Å². The first-order valence-corrected chi connectivity index (χ1v) is 5.84. The molecule has 0 bridgehead atoms. The van der Waals surface area contributed by atoms with Gasteiger partial charge in [-0.05, 0) is 13.0 Å². The minimum absolute atomic E-state index is 0.0139. The monoisotopic (exact) mass is 241 g/mol. The summed E-state index contributed by atoms with van der Waals surface area (Å²) in [5, 5.41) is 10.0. The molecule has 1 aromatic carbocycles. The van der Waals surface area contributed by atoms with Gasteiger partial charge in [-0.25, -0.2) is 0 Å². The van der Waals surface area contributed by atoms with E-state index in [4.69, 9.17) is 16.3 Å². The van der Waals surface area contributed by atoms with Crippen LogP contribution in [0.15, 0.2) is 18.2 Å². The third-order valence-corrected chi connectivity index (χ3v) is 3.20. The van der Waals surface area contributed by atoms with Crippen LogP contribution in [0.2, 0.25) is 5.02 Å². The lowest BCUT2D eigenvalue weighted by molar-refractivity contribution is 0.0987. The van der Waals surface area contributed by atoms with Crippen LogP contribution < -0.4 is 4.90 Å². The molecule has 3 nitrogen and oxygen atoms in total. The minimum atomic E-state index is 0.0139. The molecule has 1 N–H and O–H groups in total. The number of rotatable bonds is 2. The van der Waals surface area contributed by atoms with Gasteiger partial charge in [0, 0.05) is 18.2 Å². The standard InChI is InChI=1S/C12H16ClNO2/c1-9-8-16-6-5-14(9)12-10(7-15)3-2-4-11(12)13/h2-4,9,15H,5-8H2,1H3. The van der Waals surface area contributed by atoms with Gasteiger partial charge in [-0.1, -0.05) is 23.7 Å². The number of anilines is 1. The summed E-state index contributed by atoms with van der Waals surface area (Å²) < 4.78 is 5.40. The number of nitrogens with zero attached hydrogens (tertiary/aromatic N) is 1. The molecule has 1 fully saturated rings. The van der Waals surface area contributed by atoms with E-state index in [2.05, 4.69) is 11.8 Å². The Morgan fingerprint density at radius 2 is 2.38 bits per heavy atom. The maximum Gasteiger partial charge on any atom is 0.0702 e. The van der Waals surface area contributed by atoms with Gasteiger partial charge in [0.15, 0.2) is 0 Å². The van der Waals surface area contributed by atoms with Crippen LogP contribution in [-0.2, 0) is 11.3 Å². The van der Waals surface area contributed by atoms with Gasteiger partial charge in [-0.3, -0.25) is 0 Å². The van der Waals surface area contributed by atoms with Gasteiger partial charge in [0.1, 0.15) is 0 Å². The maximum atomic E-state index is 9.34. The second-order valence-electron chi connectivity index (χ2n) is 4.02. The number of aliphatic hydroxyl groups is 1. The zero-order valence-electron chi connectivity index (χ0n) is 9.32. The summed E-state index contributed by atoms with van der Waals surface area (Å²) in [6, 6.07) is 5.92. The van der Waals surface area contributed by atoms with Crippen LogP contribution in [0.5, 0.6) is 0 Å². The van der Waals surface area contributed by atoms with Crippen molar-refractivity contribution in [2.24, 2.45) is 0 Å². The molecule has 1 aliphatic heterocycles. The van der Waals surface area contributed by atoms with E-state index >= 15 is 0 Å². The number of morpholine rings is 1. The first-order valence-electron chi connectivity index (χ1n) is 5.46. The lowest BCUT2D eigenvalue weighted by Crippen LogP contribution is -2.44. The molecule has 1 aromatic rings. The fourth-order valence-corrected chi connectivity index (χ4v) is 2.37. The summed E-state index contributed by atoms with van der Waals surface area (Å²) in [6.45, 7) is 4.35. The fourth-order valence-electron chi connectivity index (χ4n) is 2.07. The predicted octanol–water partition coefficient (Wildman–Crippen LogP) is 2.06. The van der Waals surface area contributed by atoms with Crippen LogP contribution in [0.25, 0.3) is 0 Å². The quantitative estimate of drug-likeness (QED) is 0.860. The van der Waals surface area contributed by atoms with Crippen LogP contribution in [0.1, 0.15) is 12.5 Å². The third-order valence-electron chi connectivity index (χ3n) is 2.90. The highest BCUT2D eigenvalue weighted by Gasteiger charge is 2.23. The van der Waals surface area contributed by atoms with Crippen LogP contribution in [-0.4, -0.2) is 30.9 Å². The molecule has 1 atom stereocenters. The van der Waals surface area contributed by atoms with Crippen molar-refractivity contribution in [1.82, 2.24) is 0 Å². The molecular weight excluding hydrogens is 226 g/mol. The third kappa shape index (κ3) is 2.17. The van der Waals surface area contributed by atoms with Crippen molar-refractivity contribution in [3.05, 3.63) is 28.8 Å². The van der Waals surface area contributed by atoms with Gasteiger partial charge in [0.2, 0.25) is 0 Å². The van der Waals surface area contributed by atoms with E-state index in [9.17, 15) is 5.11 Å². The molecule has 4 heteroatoms. The Balaban J connectivity index is 2.37. The Morgan fingerprint density at radius 3 is 3.06 bits per heavy atom. The van der Waals surface area contributed by atoms with Crippen molar-refractivity contribution >= 4 is 17.3 Å². The molecule has 0 amide bonds. The lowest BCUT2D eigenvalue weighted by atomic mass is 10.1. The van der Waals surface area contributed by atoms with E-state index in [1.165, 1.54) is 0 Å². The highest BCUT2D eigenvalue weighted by atomic mass is 35.5. The van der Waals surface area contributed by atoms with Crippen molar-refractivity contribution in [2.75, 3.05) is 24.7 Å². The molecule has 0 aromatic heterocycles. The molecular formula is C12H16ClNO2. The normalized spacial score (nSPS) is 21.2. The van der Waals surface area contributed by atoms with Gasteiger partial charge in [0.05, 0.1) is 30.5 Å². The molecule has 2 rings (SSSR count). The number of benzene rings is 1. The molecule has 88 valence electrons. The summed E-state index contributed by atoms with van der Waals surface area (Å²) in [5.74, 6) is 0. The summed E-state index contributed by atoms with van der Waals surface area (Å²) in [4.78, 5) is 2.21. The molecule has 0 aliphatic carbocycles. The van der Waals surface area contributed by atoms with E-state index in [1.54, 1.807) is 0 Å². The van der Waals surface area contributed by atoms with Crippen LogP contribution in [0, 0.1) is 0 Å². The Labute approximate surface area is 101 Å².